The average Bonchev–Trinajstić information content (AvgIpc) is 2.38. The van der Waals surface area contributed by atoms with Gasteiger partial charge in [0, 0.05) is 37.4 Å². The van der Waals surface area contributed by atoms with Gasteiger partial charge in [0.1, 0.15) is 5.75 Å². The molecular formula is C14H22N2O. The number of hydrogen-bond donors (Lipinski definition) is 1. The van der Waals surface area contributed by atoms with Crippen LogP contribution in [-0.2, 0) is 6.42 Å². The van der Waals surface area contributed by atoms with Gasteiger partial charge in [-0.15, -0.1) is 0 Å². The number of benzene rings is 1. The van der Waals surface area contributed by atoms with E-state index in [1.807, 2.05) is 0 Å². The van der Waals surface area contributed by atoms with Crippen LogP contribution in [0.4, 0.5) is 5.69 Å². The van der Waals surface area contributed by atoms with Crippen LogP contribution < -0.4 is 15.0 Å². The van der Waals surface area contributed by atoms with Crippen LogP contribution in [0.3, 0.4) is 0 Å². The van der Waals surface area contributed by atoms with Crippen molar-refractivity contribution in [2.24, 2.45) is 0 Å². The maximum atomic E-state index is 5.45. The van der Waals surface area contributed by atoms with Crippen molar-refractivity contribution >= 4 is 5.69 Å². The van der Waals surface area contributed by atoms with Gasteiger partial charge in [0.25, 0.3) is 0 Å². The van der Waals surface area contributed by atoms with Gasteiger partial charge in [-0.05, 0) is 25.0 Å². The summed E-state index contributed by atoms with van der Waals surface area (Å²) in [4.78, 5) is 2.42. The summed E-state index contributed by atoms with van der Waals surface area (Å²) in [6, 6.07) is 7.11. The van der Waals surface area contributed by atoms with Crippen molar-refractivity contribution < 1.29 is 4.74 Å². The summed E-state index contributed by atoms with van der Waals surface area (Å²) >= 11 is 0. The van der Waals surface area contributed by atoms with E-state index < -0.39 is 0 Å². The second-order valence-corrected chi connectivity index (χ2v) is 4.65. The van der Waals surface area contributed by atoms with Crippen LogP contribution in [0.2, 0.25) is 0 Å². The van der Waals surface area contributed by atoms with Crippen LogP contribution >= 0.6 is 0 Å². The molecule has 0 unspecified atom stereocenters. The molecule has 2 rings (SSSR count). The highest BCUT2D eigenvalue weighted by molar-refractivity contribution is 5.54. The molecule has 17 heavy (non-hydrogen) atoms. The predicted molar refractivity (Wildman–Crippen MR) is 72.0 cm³/mol. The molecule has 0 bridgehead atoms. The van der Waals surface area contributed by atoms with Gasteiger partial charge < -0.3 is 15.0 Å². The fourth-order valence-corrected chi connectivity index (χ4v) is 2.39. The first-order valence-corrected chi connectivity index (χ1v) is 6.39. The van der Waals surface area contributed by atoms with Gasteiger partial charge in [0.05, 0.1) is 7.11 Å². The Labute approximate surface area is 104 Å². The number of rotatable bonds is 3. The first-order chi connectivity index (χ1) is 8.24. The van der Waals surface area contributed by atoms with E-state index in [2.05, 4.69) is 42.3 Å². The second-order valence-electron chi connectivity index (χ2n) is 4.65. The molecule has 1 aliphatic rings. The molecule has 1 fully saturated rings. The highest BCUT2D eigenvalue weighted by atomic mass is 16.5. The van der Waals surface area contributed by atoms with Gasteiger partial charge in [-0.2, -0.15) is 0 Å². The lowest BCUT2D eigenvalue weighted by Crippen LogP contribution is -2.49. The number of methoxy groups -OCH3 is 1. The van der Waals surface area contributed by atoms with Crippen molar-refractivity contribution in [2.45, 2.75) is 26.3 Å². The minimum absolute atomic E-state index is 0.556. The van der Waals surface area contributed by atoms with Crippen molar-refractivity contribution in [3.05, 3.63) is 23.8 Å². The molecule has 1 aliphatic heterocycles. The zero-order chi connectivity index (χ0) is 12.3. The fourth-order valence-electron chi connectivity index (χ4n) is 2.39. The van der Waals surface area contributed by atoms with E-state index >= 15 is 0 Å². The van der Waals surface area contributed by atoms with E-state index in [-0.39, 0.29) is 0 Å². The predicted octanol–water partition coefficient (Wildman–Crippen LogP) is 2.06. The molecule has 1 aromatic carbocycles. The average molecular weight is 234 g/mol. The molecule has 0 radical (unpaired) electrons. The SMILES string of the molecule is CCc1ccc(N2CCN[C@H](C)C2)cc1OC. The van der Waals surface area contributed by atoms with Crippen LogP contribution in [0.5, 0.6) is 5.75 Å². The van der Waals surface area contributed by atoms with Crippen molar-refractivity contribution in [2.75, 3.05) is 31.6 Å². The van der Waals surface area contributed by atoms with E-state index in [0.29, 0.717) is 6.04 Å². The third-order valence-electron chi connectivity index (χ3n) is 3.39. The Morgan fingerprint density at radius 1 is 1.47 bits per heavy atom. The molecule has 1 saturated heterocycles. The summed E-state index contributed by atoms with van der Waals surface area (Å²) in [5.41, 5.74) is 2.55. The Morgan fingerprint density at radius 2 is 2.29 bits per heavy atom. The standard InChI is InChI=1S/C14H22N2O/c1-4-12-5-6-13(9-14(12)17-3)16-8-7-15-11(2)10-16/h5-6,9,11,15H,4,7-8,10H2,1-3H3/t11-/m1/s1. The fraction of sp³-hybridized carbons (Fsp3) is 0.571. The zero-order valence-electron chi connectivity index (χ0n) is 11.0. The topological polar surface area (TPSA) is 24.5 Å². The van der Waals surface area contributed by atoms with E-state index in [0.717, 1.165) is 31.8 Å². The van der Waals surface area contributed by atoms with E-state index in [4.69, 9.17) is 4.74 Å². The molecule has 0 saturated carbocycles. The first-order valence-electron chi connectivity index (χ1n) is 6.39. The maximum Gasteiger partial charge on any atom is 0.124 e. The summed E-state index contributed by atoms with van der Waals surface area (Å²) in [5.74, 6) is 1.01. The van der Waals surface area contributed by atoms with E-state index in [1.54, 1.807) is 7.11 Å². The molecule has 1 aromatic rings. The zero-order valence-corrected chi connectivity index (χ0v) is 11.0. The van der Waals surface area contributed by atoms with Crippen molar-refractivity contribution in [1.29, 1.82) is 0 Å². The minimum Gasteiger partial charge on any atom is -0.496 e. The number of hydrogen-bond acceptors (Lipinski definition) is 3. The molecular weight excluding hydrogens is 212 g/mol. The minimum atomic E-state index is 0.556. The van der Waals surface area contributed by atoms with Gasteiger partial charge in [-0.1, -0.05) is 13.0 Å². The second kappa shape index (κ2) is 5.41. The Bertz CT molecular complexity index is 378. The Balaban J connectivity index is 2.20. The van der Waals surface area contributed by atoms with Crippen molar-refractivity contribution in [1.82, 2.24) is 5.32 Å². The number of anilines is 1. The van der Waals surface area contributed by atoms with Gasteiger partial charge in [0.15, 0.2) is 0 Å². The van der Waals surface area contributed by atoms with E-state index in [9.17, 15) is 0 Å². The molecule has 3 nitrogen and oxygen atoms in total. The Morgan fingerprint density at radius 3 is 2.94 bits per heavy atom. The number of nitrogens with zero attached hydrogens (tertiary/aromatic N) is 1. The largest absolute Gasteiger partial charge is 0.496 e. The van der Waals surface area contributed by atoms with Crippen LogP contribution in [0.1, 0.15) is 19.4 Å². The van der Waals surface area contributed by atoms with Gasteiger partial charge in [0.2, 0.25) is 0 Å². The third-order valence-corrected chi connectivity index (χ3v) is 3.39. The monoisotopic (exact) mass is 234 g/mol. The summed E-state index contributed by atoms with van der Waals surface area (Å²) in [6.07, 6.45) is 1.02. The molecule has 1 heterocycles. The molecule has 94 valence electrons. The number of aryl methyl sites for hydroxylation is 1. The lowest BCUT2D eigenvalue weighted by atomic mass is 10.1. The molecule has 3 heteroatoms. The van der Waals surface area contributed by atoms with Crippen LogP contribution in [0.25, 0.3) is 0 Å². The van der Waals surface area contributed by atoms with Crippen LogP contribution in [0.15, 0.2) is 18.2 Å². The summed E-state index contributed by atoms with van der Waals surface area (Å²) in [5, 5.41) is 3.46. The highest BCUT2D eigenvalue weighted by Gasteiger charge is 2.16. The normalized spacial score (nSPS) is 20.4. The lowest BCUT2D eigenvalue weighted by Gasteiger charge is -2.34. The quantitative estimate of drug-likeness (QED) is 0.866. The summed E-state index contributed by atoms with van der Waals surface area (Å²) in [7, 11) is 1.75. The van der Waals surface area contributed by atoms with Crippen molar-refractivity contribution in [3.63, 3.8) is 0 Å². The number of piperazine rings is 1. The molecule has 1 atom stereocenters. The molecule has 1 N–H and O–H groups in total. The Kier molecular flexibility index (Phi) is 3.89. The Hall–Kier alpha value is -1.22. The molecule has 0 aromatic heterocycles. The lowest BCUT2D eigenvalue weighted by molar-refractivity contribution is 0.409. The highest BCUT2D eigenvalue weighted by Crippen LogP contribution is 2.26. The molecule has 0 spiro atoms. The number of nitrogens with one attached hydrogen (secondary N) is 1. The van der Waals surface area contributed by atoms with Gasteiger partial charge in [-0.25, -0.2) is 0 Å². The third kappa shape index (κ3) is 2.72. The van der Waals surface area contributed by atoms with Crippen LogP contribution in [0, 0.1) is 0 Å². The molecule has 0 amide bonds. The smallest absolute Gasteiger partial charge is 0.124 e. The maximum absolute atomic E-state index is 5.45. The number of ether oxygens (including phenoxy) is 1. The first kappa shape index (κ1) is 12.2. The van der Waals surface area contributed by atoms with Crippen molar-refractivity contribution in [3.8, 4) is 5.75 Å². The van der Waals surface area contributed by atoms with E-state index in [1.165, 1.54) is 11.3 Å². The van der Waals surface area contributed by atoms with Gasteiger partial charge >= 0.3 is 0 Å². The summed E-state index contributed by atoms with van der Waals surface area (Å²) < 4.78 is 5.45. The van der Waals surface area contributed by atoms with Gasteiger partial charge in [-0.3, -0.25) is 0 Å². The summed E-state index contributed by atoms with van der Waals surface area (Å²) in [6.45, 7) is 7.57. The molecule has 0 aliphatic carbocycles. The van der Waals surface area contributed by atoms with Crippen LogP contribution in [-0.4, -0.2) is 32.8 Å².